The van der Waals surface area contributed by atoms with Crippen LogP contribution in [0.1, 0.15) is 53.6 Å². The number of hydrogen-bond acceptors (Lipinski definition) is 3. The van der Waals surface area contributed by atoms with Crippen LogP contribution >= 0.6 is 0 Å². The number of carbonyl (C=O) groups excluding carboxylic acids is 2. The van der Waals surface area contributed by atoms with Gasteiger partial charge < -0.3 is 0 Å². The zero-order valence-corrected chi connectivity index (χ0v) is 12.1. The van der Waals surface area contributed by atoms with E-state index >= 15 is 0 Å². The maximum Gasteiger partial charge on any atom is 0.181 e. The first kappa shape index (κ1) is 13.9. The number of allylic oxidation sites excluding steroid dienone is 2. The maximum atomic E-state index is 12.2. The lowest BCUT2D eigenvalue weighted by atomic mass is 9.99. The molecule has 1 aliphatic heterocycles. The van der Waals surface area contributed by atoms with Crippen molar-refractivity contribution in [2.45, 2.75) is 44.9 Å². The number of hydrogen-bond donors (Lipinski definition) is 0. The molecule has 2 aliphatic rings. The second-order valence-corrected chi connectivity index (χ2v) is 5.66. The largest absolute Gasteiger partial charge is 0.294 e. The highest BCUT2D eigenvalue weighted by molar-refractivity contribution is 6.02. The molecule has 0 amide bonds. The smallest absolute Gasteiger partial charge is 0.181 e. The summed E-state index contributed by atoms with van der Waals surface area (Å²) in [5.41, 5.74) is 3.92. The van der Waals surface area contributed by atoms with Crippen molar-refractivity contribution in [3.63, 3.8) is 0 Å². The van der Waals surface area contributed by atoms with E-state index in [1.807, 2.05) is 18.2 Å². The Bertz CT molecular complexity index is 641. The predicted octanol–water partition coefficient (Wildman–Crippen LogP) is 3.46. The van der Waals surface area contributed by atoms with Crippen LogP contribution in [0.3, 0.4) is 0 Å². The highest BCUT2D eigenvalue weighted by atomic mass is 16.1. The molecule has 1 aliphatic carbocycles. The van der Waals surface area contributed by atoms with Gasteiger partial charge in [-0.15, -0.1) is 0 Å². The molecule has 3 rings (SSSR count). The molecular weight excluding hydrogens is 262 g/mol. The van der Waals surface area contributed by atoms with E-state index in [0.717, 1.165) is 31.2 Å². The molecule has 3 nitrogen and oxygen atoms in total. The number of Topliss-reactive ketones (excluding diaryl/α,β-unsaturated/α-hetero) is 2. The number of nitrogens with zero attached hydrogens (tertiary/aromatic N) is 1. The lowest BCUT2D eigenvalue weighted by Gasteiger charge is -2.06. The van der Waals surface area contributed by atoms with Crippen molar-refractivity contribution in [1.29, 1.82) is 0 Å². The normalized spacial score (nSPS) is 16.5. The van der Waals surface area contributed by atoms with E-state index in [-0.39, 0.29) is 24.4 Å². The van der Waals surface area contributed by atoms with Gasteiger partial charge in [0.25, 0.3) is 0 Å². The van der Waals surface area contributed by atoms with Crippen LogP contribution in [0.5, 0.6) is 0 Å². The number of aliphatic imine (C=N–C) groups is 1. The van der Waals surface area contributed by atoms with E-state index in [4.69, 9.17) is 0 Å². The number of benzene rings is 1. The Morgan fingerprint density at radius 3 is 2.62 bits per heavy atom. The first-order valence-corrected chi connectivity index (χ1v) is 7.65. The molecule has 21 heavy (non-hydrogen) atoms. The Morgan fingerprint density at radius 1 is 1.00 bits per heavy atom. The first-order valence-electron chi connectivity index (χ1n) is 7.65. The predicted molar refractivity (Wildman–Crippen MR) is 82.8 cm³/mol. The van der Waals surface area contributed by atoms with Crippen LogP contribution in [0.15, 0.2) is 35.0 Å². The second kappa shape index (κ2) is 6.17. The first-order chi connectivity index (χ1) is 10.2. The van der Waals surface area contributed by atoms with Crippen LogP contribution in [0.25, 0.3) is 0 Å². The van der Waals surface area contributed by atoms with Crippen LogP contribution < -0.4 is 0 Å². The molecule has 0 atom stereocenters. The van der Waals surface area contributed by atoms with Crippen molar-refractivity contribution < 1.29 is 9.59 Å². The zero-order valence-electron chi connectivity index (χ0n) is 12.1. The summed E-state index contributed by atoms with van der Waals surface area (Å²) in [6, 6.07) is 5.97. The highest BCUT2D eigenvalue weighted by Gasteiger charge is 2.16. The van der Waals surface area contributed by atoms with Crippen molar-refractivity contribution in [2.24, 2.45) is 4.99 Å². The second-order valence-electron chi connectivity index (χ2n) is 5.66. The summed E-state index contributed by atoms with van der Waals surface area (Å²) in [4.78, 5) is 28.3. The molecule has 1 aromatic carbocycles. The molecule has 0 saturated carbocycles. The Kier molecular flexibility index (Phi) is 4.09. The fraction of sp³-hybridized carbons (Fsp3) is 0.389. The minimum absolute atomic E-state index is 0.0274. The van der Waals surface area contributed by atoms with Gasteiger partial charge in [-0.1, -0.05) is 18.2 Å². The highest BCUT2D eigenvalue weighted by Crippen LogP contribution is 2.23. The molecule has 0 bridgehead atoms. The summed E-state index contributed by atoms with van der Waals surface area (Å²) in [5, 5.41) is 0. The van der Waals surface area contributed by atoms with Gasteiger partial charge in [0.2, 0.25) is 0 Å². The van der Waals surface area contributed by atoms with Crippen molar-refractivity contribution in [3.05, 3.63) is 46.7 Å². The van der Waals surface area contributed by atoms with Gasteiger partial charge in [0, 0.05) is 24.6 Å². The van der Waals surface area contributed by atoms with Gasteiger partial charge in [-0.3, -0.25) is 14.6 Å². The monoisotopic (exact) mass is 281 g/mol. The molecule has 0 fully saturated rings. The topological polar surface area (TPSA) is 46.5 Å². The number of aryl methyl sites for hydroxylation is 2. The van der Waals surface area contributed by atoms with E-state index in [2.05, 4.69) is 11.1 Å². The van der Waals surface area contributed by atoms with Crippen LogP contribution in [0.4, 0.5) is 0 Å². The van der Waals surface area contributed by atoms with Crippen molar-refractivity contribution in [1.82, 2.24) is 0 Å². The Labute approximate surface area is 124 Å². The minimum atomic E-state index is -0.0274. The summed E-state index contributed by atoms with van der Waals surface area (Å²) >= 11 is 0. The molecule has 0 aromatic heterocycles. The summed E-state index contributed by atoms with van der Waals surface area (Å²) in [5.74, 6) is 0.0268. The standard InChI is InChI=1S/C18H19NO2/c20-17(9-10-18(21)16-6-1-2-11-19-16)15-8-7-13-4-3-5-14(13)12-15/h6-8,11-12H,1-5,9-10H2. The zero-order chi connectivity index (χ0) is 14.7. The molecule has 3 heteroatoms. The van der Waals surface area contributed by atoms with Gasteiger partial charge in [0.15, 0.2) is 11.6 Å². The van der Waals surface area contributed by atoms with E-state index < -0.39 is 0 Å². The van der Waals surface area contributed by atoms with E-state index in [1.165, 1.54) is 17.5 Å². The van der Waals surface area contributed by atoms with Gasteiger partial charge in [-0.25, -0.2) is 0 Å². The number of fused-ring (bicyclic) bond motifs is 1. The fourth-order valence-corrected chi connectivity index (χ4v) is 2.94. The van der Waals surface area contributed by atoms with E-state index in [0.29, 0.717) is 5.70 Å². The molecule has 0 radical (unpaired) electrons. The molecule has 1 aromatic rings. The average Bonchev–Trinajstić information content (AvgIpc) is 3.00. The Hall–Kier alpha value is -2.03. The lowest BCUT2D eigenvalue weighted by Crippen LogP contribution is -2.08. The van der Waals surface area contributed by atoms with Gasteiger partial charge in [-0.2, -0.15) is 0 Å². The lowest BCUT2D eigenvalue weighted by molar-refractivity contribution is -0.115. The van der Waals surface area contributed by atoms with Gasteiger partial charge in [-0.05, 0) is 49.3 Å². The fourth-order valence-electron chi connectivity index (χ4n) is 2.94. The molecule has 0 spiro atoms. The van der Waals surface area contributed by atoms with Crippen molar-refractivity contribution >= 4 is 17.8 Å². The summed E-state index contributed by atoms with van der Waals surface area (Å²) in [6.45, 7) is 0. The van der Waals surface area contributed by atoms with Crippen molar-refractivity contribution in [3.8, 4) is 0 Å². The van der Waals surface area contributed by atoms with E-state index in [1.54, 1.807) is 6.21 Å². The number of ketones is 2. The molecule has 1 heterocycles. The quantitative estimate of drug-likeness (QED) is 0.776. The SMILES string of the molecule is O=C(CCC(=O)c1ccc2c(c1)CCC2)C1=CCCC=N1. The Balaban J connectivity index is 1.60. The maximum absolute atomic E-state index is 12.2. The minimum Gasteiger partial charge on any atom is -0.294 e. The molecule has 0 saturated heterocycles. The molecule has 0 N–H and O–H groups in total. The van der Waals surface area contributed by atoms with E-state index in [9.17, 15) is 9.59 Å². The van der Waals surface area contributed by atoms with Crippen LogP contribution in [0, 0.1) is 0 Å². The van der Waals surface area contributed by atoms with Crippen molar-refractivity contribution in [2.75, 3.05) is 0 Å². The van der Waals surface area contributed by atoms with Crippen LogP contribution in [-0.4, -0.2) is 17.8 Å². The van der Waals surface area contributed by atoms with Crippen LogP contribution in [0.2, 0.25) is 0 Å². The Morgan fingerprint density at radius 2 is 1.81 bits per heavy atom. The molecule has 108 valence electrons. The summed E-state index contributed by atoms with van der Waals surface area (Å²) in [6.07, 6.45) is 9.28. The third-order valence-electron chi connectivity index (χ3n) is 4.15. The molecule has 0 unspecified atom stereocenters. The third kappa shape index (κ3) is 3.18. The number of rotatable bonds is 5. The summed E-state index contributed by atoms with van der Waals surface area (Å²) in [7, 11) is 0. The third-order valence-corrected chi connectivity index (χ3v) is 4.15. The summed E-state index contributed by atoms with van der Waals surface area (Å²) < 4.78 is 0. The average molecular weight is 281 g/mol. The molecular formula is C18H19NO2. The van der Waals surface area contributed by atoms with Gasteiger partial charge in [0.1, 0.15) is 5.70 Å². The van der Waals surface area contributed by atoms with Crippen LogP contribution in [-0.2, 0) is 17.6 Å². The van der Waals surface area contributed by atoms with Gasteiger partial charge >= 0.3 is 0 Å². The number of carbonyl (C=O) groups is 2. The van der Waals surface area contributed by atoms with Gasteiger partial charge in [0.05, 0.1) is 0 Å².